The third-order valence-electron chi connectivity index (χ3n) is 5.14. The van der Waals surface area contributed by atoms with Crippen molar-refractivity contribution in [3.63, 3.8) is 0 Å². The minimum absolute atomic E-state index is 0.0280. The van der Waals surface area contributed by atoms with E-state index < -0.39 is 5.60 Å². The van der Waals surface area contributed by atoms with Gasteiger partial charge in [-0.05, 0) is 25.0 Å². The zero-order valence-electron chi connectivity index (χ0n) is 14.0. The first-order valence-electron chi connectivity index (χ1n) is 8.86. The normalized spacial score (nSPS) is 24.0. The van der Waals surface area contributed by atoms with Gasteiger partial charge < -0.3 is 19.7 Å². The number of carbonyl (C=O) groups excluding carboxylic acids is 2. The molecule has 0 radical (unpaired) electrons. The third-order valence-corrected chi connectivity index (χ3v) is 5.14. The molecule has 24 heavy (non-hydrogen) atoms. The molecular weight excluding hydrogens is 308 g/mol. The van der Waals surface area contributed by atoms with Crippen LogP contribution in [0, 0.1) is 5.92 Å². The van der Waals surface area contributed by atoms with Gasteiger partial charge in [-0.2, -0.15) is 0 Å². The van der Waals surface area contributed by atoms with Gasteiger partial charge in [0.05, 0.1) is 24.3 Å². The fourth-order valence-corrected chi connectivity index (χ4v) is 3.65. The second kappa shape index (κ2) is 7.38. The molecule has 1 aromatic rings. The van der Waals surface area contributed by atoms with Crippen LogP contribution in [0.5, 0.6) is 0 Å². The van der Waals surface area contributed by atoms with Crippen LogP contribution in [-0.4, -0.2) is 40.5 Å². The molecule has 0 spiro atoms. The highest BCUT2D eigenvalue weighted by Gasteiger charge is 2.36. The Bertz CT molecular complexity index is 562. The second-order valence-electron chi connectivity index (χ2n) is 7.11. The van der Waals surface area contributed by atoms with Crippen molar-refractivity contribution in [2.75, 3.05) is 13.1 Å². The van der Waals surface area contributed by atoms with Crippen LogP contribution in [0.25, 0.3) is 0 Å². The van der Waals surface area contributed by atoms with E-state index in [0.29, 0.717) is 13.1 Å². The smallest absolute Gasteiger partial charge is 0.225 e. The molecule has 6 nitrogen and oxygen atoms in total. The summed E-state index contributed by atoms with van der Waals surface area (Å²) < 4.78 is 5.26. The Labute approximate surface area is 142 Å². The number of likely N-dealkylation sites (tertiary alicyclic amines) is 1. The van der Waals surface area contributed by atoms with Crippen LogP contribution in [-0.2, 0) is 16.1 Å². The van der Waals surface area contributed by atoms with Crippen LogP contribution in [0.3, 0.4) is 0 Å². The van der Waals surface area contributed by atoms with Crippen molar-refractivity contribution in [2.45, 2.75) is 57.1 Å². The molecule has 1 saturated carbocycles. The molecule has 1 atom stereocenters. The summed E-state index contributed by atoms with van der Waals surface area (Å²) in [5, 5.41) is 13.5. The van der Waals surface area contributed by atoms with Crippen molar-refractivity contribution >= 4 is 11.8 Å². The van der Waals surface area contributed by atoms with Gasteiger partial charge in [-0.1, -0.05) is 25.7 Å². The average Bonchev–Trinajstić information content (AvgIpc) is 3.14. The monoisotopic (exact) mass is 334 g/mol. The first-order valence-corrected chi connectivity index (χ1v) is 8.86. The molecule has 0 bridgehead atoms. The summed E-state index contributed by atoms with van der Waals surface area (Å²) in [6.07, 6.45) is 7.59. The van der Waals surface area contributed by atoms with E-state index in [1.165, 1.54) is 0 Å². The maximum atomic E-state index is 12.4. The fourth-order valence-electron chi connectivity index (χ4n) is 3.65. The highest BCUT2D eigenvalue weighted by molar-refractivity contribution is 5.89. The van der Waals surface area contributed by atoms with Crippen LogP contribution in [0.4, 0.5) is 0 Å². The Morgan fingerprint density at radius 2 is 2.08 bits per heavy atom. The maximum absolute atomic E-state index is 12.4. The quantitative estimate of drug-likeness (QED) is 0.805. The van der Waals surface area contributed by atoms with E-state index in [2.05, 4.69) is 5.32 Å². The van der Waals surface area contributed by atoms with Gasteiger partial charge in [0, 0.05) is 19.5 Å². The summed E-state index contributed by atoms with van der Waals surface area (Å²) in [6.45, 7) is 1.10. The van der Waals surface area contributed by atoms with E-state index >= 15 is 0 Å². The van der Waals surface area contributed by atoms with Gasteiger partial charge in [-0.3, -0.25) is 9.59 Å². The molecule has 2 heterocycles. The number of aliphatic hydroxyl groups is 1. The highest BCUT2D eigenvalue weighted by atomic mass is 16.3. The minimum Gasteiger partial charge on any atom is -0.467 e. The number of nitrogens with one attached hydrogen (secondary N) is 1. The summed E-state index contributed by atoms with van der Waals surface area (Å²) in [4.78, 5) is 26.1. The predicted octanol–water partition coefficient (Wildman–Crippen LogP) is 1.83. The van der Waals surface area contributed by atoms with Crippen molar-refractivity contribution in [3.8, 4) is 0 Å². The lowest BCUT2D eigenvalue weighted by Gasteiger charge is -2.27. The summed E-state index contributed by atoms with van der Waals surface area (Å²) in [5.41, 5.74) is -0.789. The Kier molecular flexibility index (Phi) is 5.23. The van der Waals surface area contributed by atoms with Crippen LogP contribution in [0.15, 0.2) is 22.8 Å². The number of hydrogen-bond acceptors (Lipinski definition) is 4. The predicted molar refractivity (Wildman–Crippen MR) is 87.9 cm³/mol. The average molecular weight is 334 g/mol. The molecule has 1 aliphatic heterocycles. The molecule has 132 valence electrons. The Morgan fingerprint density at radius 1 is 1.33 bits per heavy atom. The fraction of sp³-hybridized carbons (Fsp3) is 0.667. The number of amides is 2. The number of carbonyl (C=O) groups is 2. The van der Waals surface area contributed by atoms with Gasteiger partial charge in [0.1, 0.15) is 5.76 Å². The van der Waals surface area contributed by atoms with E-state index in [-0.39, 0.29) is 30.7 Å². The summed E-state index contributed by atoms with van der Waals surface area (Å²) in [5.74, 6) is 0.210. The molecule has 1 unspecified atom stereocenters. The van der Waals surface area contributed by atoms with Crippen molar-refractivity contribution in [1.29, 1.82) is 0 Å². The van der Waals surface area contributed by atoms with Crippen LogP contribution in [0.2, 0.25) is 0 Å². The van der Waals surface area contributed by atoms with E-state index in [4.69, 9.17) is 4.42 Å². The summed E-state index contributed by atoms with van der Waals surface area (Å²) in [6, 6.07) is 3.61. The van der Waals surface area contributed by atoms with E-state index in [1.807, 2.05) is 6.07 Å². The zero-order chi connectivity index (χ0) is 17.0. The second-order valence-corrected chi connectivity index (χ2v) is 7.11. The van der Waals surface area contributed by atoms with Gasteiger partial charge in [-0.15, -0.1) is 0 Å². The lowest BCUT2D eigenvalue weighted by atomic mass is 9.94. The molecule has 2 aliphatic rings. The Hall–Kier alpha value is -1.82. The molecule has 2 N–H and O–H groups in total. The summed E-state index contributed by atoms with van der Waals surface area (Å²) in [7, 11) is 0. The number of furan rings is 1. The summed E-state index contributed by atoms with van der Waals surface area (Å²) >= 11 is 0. The van der Waals surface area contributed by atoms with Crippen LogP contribution < -0.4 is 5.32 Å². The maximum Gasteiger partial charge on any atom is 0.225 e. The molecule has 6 heteroatoms. The first kappa shape index (κ1) is 17.0. The molecule has 2 amide bonds. The van der Waals surface area contributed by atoms with Crippen molar-refractivity contribution < 1.29 is 19.1 Å². The van der Waals surface area contributed by atoms with E-state index in [1.54, 1.807) is 17.2 Å². The van der Waals surface area contributed by atoms with Crippen LogP contribution >= 0.6 is 0 Å². The van der Waals surface area contributed by atoms with Gasteiger partial charge >= 0.3 is 0 Å². The van der Waals surface area contributed by atoms with Gasteiger partial charge in [0.15, 0.2) is 0 Å². The molecule has 3 rings (SSSR count). The van der Waals surface area contributed by atoms with Crippen molar-refractivity contribution in [2.24, 2.45) is 5.92 Å². The Morgan fingerprint density at radius 3 is 2.75 bits per heavy atom. The van der Waals surface area contributed by atoms with Gasteiger partial charge in [0.2, 0.25) is 11.8 Å². The van der Waals surface area contributed by atoms with Crippen molar-refractivity contribution in [3.05, 3.63) is 24.2 Å². The number of rotatable bonds is 5. The number of nitrogens with zero attached hydrogens (tertiary/aromatic N) is 1. The van der Waals surface area contributed by atoms with Gasteiger partial charge in [-0.25, -0.2) is 0 Å². The highest BCUT2D eigenvalue weighted by Crippen LogP contribution is 2.27. The lowest BCUT2D eigenvalue weighted by molar-refractivity contribution is -0.129. The molecule has 1 saturated heterocycles. The molecular formula is C18H26N2O4. The standard InChI is InChI=1S/C18H26N2O4/c21-16-10-14(11-20(16)12-15-6-5-9-24-15)17(22)19-13-18(23)7-3-1-2-4-8-18/h5-6,9,14,23H,1-4,7-8,10-13H2,(H,19,22). The van der Waals surface area contributed by atoms with Crippen LogP contribution in [0.1, 0.15) is 50.7 Å². The zero-order valence-corrected chi connectivity index (χ0v) is 14.0. The lowest BCUT2D eigenvalue weighted by Crippen LogP contribution is -2.44. The number of hydrogen-bond donors (Lipinski definition) is 2. The first-order chi connectivity index (χ1) is 11.6. The topological polar surface area (TPSA) is 82.8 Å². The Balaban J connectivity index is 1.49. The molecule has 1 aliphatic carbocycles. The minimum atomic E-state index is -0.789. The third kappa shape index (κ3) is 4.17. The molecule has 0 aromatic carbocycles. The van der Waals surface area contributed by atoms with E-state index in [0.717, 1.165) is 44.3 Å². The van der Waals surface area contributed by atoms with E-state index in [9.17, 15) is 14.7 Å². The van der Waals surface area contributed by atoms with Gasteiger partial charge in [0.25, 0.3) is 0 Å². The SMILES string of the molecule is O=C(NCC1(O)CCCCCC1)C1CC(=O)N(Cc2ccco2)C1. The van der Waals surface area contributed by atoms with Crippen molar-refractivity contribution in [1.82, 2.24) is 10.2 Å². The largest absolute Gasteiger partial charge is 0.467 e. The molecule has 2 fully saturated rings. The molecule has 1 aromatic heterocycles.